The lowest BCUT2D eigenvalue weighted by atomic mass is 10.3. The van der Waals surface area contributed by atoms with Crippen LogP contribution in [0.25, 0.3) is 0 Å². The first-order valence-corrected chi connectivity index (χ1v) is 6.93. The number of amides is 1. The van der Waals surface area contributed by atoms with Crippen molar-refractivity contribution in [3.63, 3.8) is 0 Å². The fourth-order valence-electron chi connectivity index (χ4n) is 2.27. The summed E-state index contributed by atoms with van der Waals surface area (Å²) in [6.07, 6.45) is 3.81. The lowest BCUT2D eigenvalue weighted by Gasteiger charge is -2.33. The highest BCUT2D eigenvalue weighted by atomic mass is 16.2. The number of hydrogen-bond donors (Lipinski definition) is 1. The molecular formula is C14H20N4O. The second-order valence-electron chi connectivity index (χ2n) is 5.46. The van der Waals surface area contributed by atoms with Crippen LogP contribution in [0.2, 0.25) is 0 Å². The van der Waals surface area contributed by atoms with E-state index in [1.165, 1.54) is 0 Å². The quantitative estimate of drug-likeness (QED) is 0.886. The normalized spacial score (nSPS) is 20.4. The molecule has 0 unspecified atom stereocenters. The summed E-state index contributed by atoms with van der Waals surface area (Å²) in [5.41, 5.74) is 0.801. The molecule has 1 saturated carbocycles. The second kappa shape index (κ2) is 5.17. The fraction of sp³-hybridized carbons (Fsp3) is 0.571. The Bertz CT molecular complexity index is 447. The molecule has 3 rings (SSSR count). The number of pyridine rings is 1. The second-order valence-corrected chi connectivity index (χ2v) is 5.46. The van der Waals surface area contributed by atoms with Crippen molar-refractivity contribution in [2.75, 3.05) is 43.4 Å². The maximum absolute atomic E-state index is 11.6. The van der Waals surface area contributed by atoms with Gasteiger partial charge in [0.1, 0.15) is 5.82 Å². The van der Waals surface area contributed by atoms with Crippen molar-refractivity contribution in [1.82, 2.24) is 9.88 Å². The molecule has 0 atom stereocenters. The van der Waals surface area contributed by atoms with Crippen LogP contribution < -0.4 is 10.2 Å². The number of rotatable bonds is 3. The zero-order valence-electron chi connectivity index (χ0n) is 11.3. The third kappa shape index (κ3) is 3.04. The van der Waals surface area contributed by atoms with Gasteiger partial charge in [-0.15, -0.1) is 0 Å². The van der Waals surface area contributed by atoms with E-state index < -0.39 is 0 Å². The zero-order chi connectivity index (χ0) is 13.2. The highest BCUT2D eigenvalue weighted by Crippen LogP contribution is 2.30. The minimum atomic E-state index is 0.133. The minimum absolute atomic E-state index is 0.133. The van der Waals surface area contributed by atoms with Crippen LogP contribution in [-0.2, 0) is 4.79 Å². The van der Waals surface area contributed by atoms with Crippen molar-refractivity contribution in [2.45, 2.75) is 12.8 Å². The van der Waals surface area contributed by atoms with Gasteiger partial charge in [0, 0.05) is 32.1 Å². The standard InChI is InChI=1S/C14H20N4O/c1-17-6-8-18(9-7-17)13-5-4-12(10-15-13)16-14(19)11-2-3-11/h4-5,10-11H,2-3,6-9H2,1H3,(H,16,19). The summed E-state index contributed by atoms with van der Waals surface area (Å²) in [5, 5.41) is 2.91. The van der Waals surface area contributed by atoms with Crippen molar-refractivity contribution in [3.8, 4) is 0 Å². The number of nitrogens with zero attached hydrogens (tertiary/aromatic N) is 3. The third-order valence-corrected chi connectivity index (χ3v) is 3.79. The van der Waals surface area contributed by atoms with E-state index in [0.717, 1.165) is 50.5 Å². The number of piperazine rings is 1. The Morgan fingerprint density at radius 1 is 1.26 bits per heavy atom. The third-order valence-electron chi connectivity index (χ3n) is 3.79. The summed E-state index contributed by atoms with van der Waals surface area (Å²) >= 11 is 0. The number of carbonyl (C=O) groups excluding carboxylic acids is 1. The highest BCUT2D eigenvalue weighted by molar-refractivity contribution is 5.93. The number of likely N-dealkylation sites (N-methyl/N-ethyl adjacent to an activating group) is 1. The lowest BCUT2D eigenvalue weighted by Crippen LogP contribution is -2.44. The van der Waals surface area contributed by atoms with Crippen LogP contribution >= 0.6 is 0 Å². The monoisotopic (exact) mass is 260 g/mol. The van der Waals surface area contributed by atoms with E-state index in [9.17, 15) is 4.79 Å². The van der Waals surface area contributed by atoms with Crippen molar-refractivity contribution in [3.05, 3.63) is 18.3 Å². The first-order chi connectivity index (χ1) is 9.22. The van der Waals surface area contributed by atoms with Crippen LogP contribution in [0.5, 0.6) is 0 Å². The zero-order valence-corrected chi connectivity index (χ0v) is 11.3. The molecule has 1 amide bonds. The molecule has 5 nitrogen and oxygen atoms in total. The van der Waals surface area contributed by atoms with Gasteiger partial charge in [0.05, 0.1) is 11.9 Å². The largest absolute Gasteiger partial charge is 0.354 e. The topological polar surface area (TPSA) is 48.5 Å². The number of carbonyl (C=O) groups is 1. The number of hydrogen-bond acceptors (Lipinski definition) is 4. The Kier molecular flexibility index (Phi) is 3.38. The molecule has 5 heteroatoms. The van der Waals surface area contributed by atoms with Gasteiger partial charge in [-0.1, -0.05) is 0 Å². The van der Waals surface area contributed by atoms with Gasteiger partial charge in [-0.3, -0.25) is 4.79 Å². The Balaban J connectivity index is 1.60. The van der Waals surface area contributed by atoms with E-state index in [4.69, 9.17) is 0 Å². The molecule has 0 bridgehead atoms. The van der Waals surface area contributed by atoms with E-state index >= 15 is 0 Å². The fourth-order valence-corrected chi connectivity index (χ4v) is 2.27. The van der Waals surface area contributed by atoms with Gasteiger partial charge in [0.25, 0.3) is 0 Å². The molecule has 2 heterocycles. The Hall–Kier alpha value is -1.62. The average molecular weight is 260 g/mol. The van der Waals surface area contributed by atoms with Gasteiger partial charge in [0.15, 0.2) is 0 Å². The Labute approximate surface area is 113 Å². The molecule has 1 aromatic rings. The van der Waals surface area contributed by atoms with Gasteiger partial charge in [-0.05, 0) is 32.0 Å². The van der Waals surface area contributed by atoms with Crippen LogP contribution in [0.3, 0.4) is 0 Å². The van der Waals surface area contributed by atoms with E-state index in [0.29, 0.717) is 0 Å². The van der Waals surface area contributed by atoms with Gasteiger partial charge in [-0.2, -0.15) is 0 Å². The maximum Gasteiger partial charge on any atom is 0.227 e. The van der Waals surface area contributed by atoms with Crippen molar-refractivity contribution in [1.29, 1.82) is 0 Å². The van der Waals surface area contributed by atoms with Crippen LogP contribution in [0.15, 0.2) is 18.3 Å². The highest BCUT2D eigenvalue weighted by Gasteiger charge is 2.29. The molecule has 19 heavy (non-hydrogen) atoms. The minimum Gasteiger partial charge on any atom is -0.354 e. The van der Waals surface area contributed by atoms with E-state index in [1.807, 2.05) is 12.1 Å². The van der Waals surface area contributed by atoms with E-state index in [1.54, 1.807) is 6.20 Å². The molecule has 1 aliphatic carbocycles. The van der Waals surface area contributed by atoms with E-state index in [-0.39, 0.29) is 11.8 Å². The van der Waals surface area contributed by atoms with Gasteiger partial charge < -0.3 is 15.1 Å². The molecule has 0 radical (unpaired) electrons. The summed E-state index contributed by atoms with van der Waals surface area (Å²) in [6, 6.07) is 3.94. The first kappa shape index (κ1) is 12.4. The van der Waals surface area contributed by atoms with Crippen LogP contribution in [0.4, 0.5) is 11.5 Å². The summed E-state index contributed by atoms with van der Waals surface area (Å²) in [4.78, 5) is 20.7. The smallest absolute Gasteiger partial charge is 0.227 e. The summed E-state index contributed by atoms with van der Waals surface area (Å²) in [5.74, 6) is 1.36. The van der Waals surface area contributed by atoms with Crippen molar-refractivity contribution in [2.24, 2.45) is 5.92 Å². The molecule has 0 spiro atoms. The van der Waals surface area contributed by atoms with Gasteiger partial charge in [-0.25, -0.2) is 4.98 Å². The van der Waals surface area contributed by atoms with Gasteiger partial charge >= 0.3 is 0 Å². The molecule has 1 aliphatic heterocycles. The SMILES string of the molecule is CN1CCN(c2ccc(NC(=O)C3CC3)cn2)CC1. The van der Waals surface area contributed by atoms with Crippen molar-refractivity contribution >= 4 is 17.4 Å². The molecule has 2 fully saturated rings. The number of nitrogens with one attached hydrogen (secondary N) is 1. The molecule has 1 aromatic heterocycles. The molecule has 1 saturated heterocycles. The molecular weight excluding hydrogens is 240 g/mol. The summed E-state index contributed by atoms with van der Waals surface area (Å²) < 4.78 is 0. The van der Waals surface area contributed by atoms with Crippen LogP contribution in [0, 0.1) is 5.92 Å². The van der Waals surface area contributed by atoms with E-state index in [2.05, 4.69) is 27.1 Å². The predicted molar refractivity (Wildman–Crippen MR) is 75.3 cm³/mol. The predicted octanol–water partition coefficient (Wildman–Crippen LogP) is 1.18. The Morgan fingerprint density at radius 2 is 2.00 bits per heavy atom. The molecule has 1 N–H and O–H groups in total. The first-order valence-electron chi connectivity index (χ1n) is 6.93. The van der Waals surface area contributed by atoms with Crippen LogP contribution in [0.1, 0.15) is 12.8 Å². The molecule has 2 aliphatic rings. The molecule has 102 valence electrons. The maximum atomic E-state index is 11.6. The average Bonchev–Trinajstić information content (AvgIpc) is 3.25. The summed E-state index contributed by atoms with van der Waals surface area (Å²) in [6.45, 7) is 4.16. The van der Waals surface area contributed by atoms with Gasteiger partial charge in [0.2, 0.25) is 5.91 Å². The summed E-state index contributed by atoms with van der Waals surface area (Å²) in [7, 11) is 2.14. The van der Waals surface area contributed by atoms with Crippen LogP contribution in [-0.4, -0.2) is 49.0 Å². The molecule has 0 aromatic carbocycles. The number of aromatic nitrogens is 1. The Morgan fingerprint density at radius 3 is 2.58 bits per heavy atom. The lowest BCUT2D eigenvalue weighted by molar-refractivity contribution is -0.117. The number of anilines is 2. The van der Waals surface area contributed by atoms with Crippen molar-refractivity contribution < 1.29 is 4.79 Å².